The zero-order chi connectivity index (χ0) is 18.9. The fourth-order valence-corrected chi connectivity index (χ4v) is 4.70. The Morgan fingerprint density at radius 2 is 1.86 bits per heavy atom. The lowest BCUT2D eigenvalue weighted by atomic mass is 9.97. The number of hydrogen-bond donors (Lipinski definition) is 0. The van der Waals surface area contributed by atoms with Gasteiger partial charge in [0.2, 0.25) is 0 Å². The van der Waals surface area contributed by atoms with Crippen molar-refractivity contribution in [2.45, 2.75) is 38.1 Å². The first-order chi connectivity index (χ1) is 13.8. The highest BCUT2D eigenvalue weighted by molar-refractivity contribution is 6.31. The molecule has 0 spiro atoms. The molecule has 1 atom stereocenters. The SMILES string of the molecule is Clc1ccccc1CN1CCC[C@@H](c2nc3ccc(N4CCCC4)cn3n2)C1. The van der Waals surface area contributed by atoms with Crippen LogP contribution in [0.1, 0.15) is 43.0 Å². The Morgan fingerprint density at radius 1 is 1.00 bits per heavy atom. The first-order valence-electron chi connectivity index (χ1n) is 10.3. The van der Waals surface area contributed by atoms with Gasteiger partial charge in [0.25, 0.3) is 0 Å². The highest BCUT2D eigenvalue weighted by Crippen LogP contribution is 2.28. The Kier molecular flexibility index (Phi) is 4.95. The van der Waals surface area contributed by atoms with Crippen LogP contribution in [0.4, 0.5) is 5.69 Å². The summed E-state index contributed by atoms with van der Waals surface area (Å²) in [5.41, 5.74) is 3.40. The van der Waals surface area contributed by atoms with Crippen LogP contribution in [0.2, 0.25) is 5.02 Å². The van der Waals surface area contributed by atoms with Gasteiger partial charge >= 0.3 is 0 Å². The molecule has 2 aliphatic rings. The maximum absolute atomic E-state index is 6.36. The summed E-state index contributed by atoms with van der Waals surface area (Å²) in [6.07, 6.45) is 7.02. The number of aromatic nitrogens is 3. The summed E-state index contributed by atoms with van der Waals surface area (Å²) in [4.78, 5) is 9.76. The van der Waals surface area contributed by atoms with E-state index in [1.165, 1.54) is 30.5 Å². The zero-order valence-electron chi connectivity index (χ0n) is 16.1. The lowest BCUT2D eigenvalue weighted by Gasteiger charge is -2.31. The summed E-state index contributed by atoms with van der Waals surface area (Å²) in [6.45, 7) is 5.28. The third-order valence-corrected chi connectivity index (χ3v) is 6.39. The Morgan fingerprint density at radius 3 is 2.71 bits per heavy atom. The molecule has 5 nitrogen and oxygen atoms in total. The molecule has 2 fully saturated rings. The van der Waals surface area contributed by atoms with Gasteiger partial charge < -0.3 is 4.90 Å². The summed E-state index contributed by atoms with van der Waals surface area (Å²) >= 11 is 6.36. The van der Waals surface area contributed by atoms with E-state index in [4.69, 9.17) is 21.7 Å². The average Bonchev–Trinajstić information content (AvgIpc) is 3.39. The molecule has 0 saturated carbocycles. The van der Waals surface area contributed by atoms with E-state index in [-0.39, 0.29) is 0 Å². The van der Waals surface area contributed by atoms with E-state index < -0.39 is 0 Å². The molecule has 0 bridgehead atoms. The minimum Gasteiger partial charge on any atom is -0.370 e. The normalized spacial score (nSPS) is 20.9. The molecule has 3 aromatic rings. The Balaban J connectivity index is 1.33. The minimum absolute atomic E-state index is 0.381. The maximum atomic E-state index is 6.36. The molecule has 146 valence electrons. The molecule has 0 radical (unpaired) electrons. The van der Waals surface area contributed by atoms with E-state index in [0.29, 0.717) is 5.92 Å². The fraction of sp³-hybridized carbons (Fsp3) is 0.455. The van der Waals surface area contributed by atoms with Crippen molar-refractivity contribution < 1.29 is 0 Å². The second-order valence-electron chi connectivity index (χ2n) is 8.02. The van der Waals surface area contributed by atoms with Crippen LogP contribution in [0, 0.1) is 0 Å². The Hall–Kier alpha value is -2.11. The van der Waals surface area contributed by atoms with Crippen molar-refractivity contribution in [1.29, 1.82) is 0 Å². The molecule has 0 amide bonds. The van der Waals surface area contributed by atoms with Gasteiger partial charge in [0.15, 0.2) is 11.5 Å². The zero-order valence-corrected chi connectivity index (χ0v) is 16.9. The molecule has 4 heterocycles. The first kappa shape index (κ1) is 18.0. The number of hydrogen-bond acceptors (Lipinski definition) is 4. The van der Waals surface area contributed by atoms with Gasteiger partial charge in [-0.1, -0.05) is 29.8 Å². The highest BCUT2D eigenvalue weighted by atomic mass is 35.5. The molecule has 5 rings (SSSR count). The summed E-state index contributed by atoms with van der Waals surface area (Å²) in [6, 6.07) is 12.4. The minimum atomic E-state index is 0.381. The van der Waals surface area contributed by atoms with Crippen molar-refractivity contribution in [3.05, 3.63) is 59.0 Å². The molecule has 1 aromatic carbocycles. The van der Waals surface area contributed by atoms with Crippen molar-refractivity contribution in [2.75, 3.05) is 31.1 Å². The molecule has 0 unspecified atom stereocenters. The number of piperidine rings is 1. The number of nitrogens with zero attached hydrogens (tertiary/aromatic N) is 5. The second kappa shape index (κ2) is 7.72. The molecule has 28 heavy (non-hydrogen) atoms. The molecular formula is C22H26ClN5. The third-order valence-electron chi connectivity index (χ3n) is 6.03. The quantitative estimate of drug-likeness (QED) is 0.657. The van der Waals surface area contributed by atoms with E-state index >= 15 is 0 Å². The maximum Gasteiger partial charge on any atom is 0.156 e. The Bertz CT molecular complexity index is 962. The smallest absolute Gasteiger partial charge is 0.156 e. The van der Waals surface area contributed by atoms with Gasteiger partial charge in [-0.3, -0.25) is 4.90 Å². The molecule has 6 heteroatoms. The van der Waals surface area contributed by atoms with Crippen molar-refractivity contribution in [3.63, 3.8) is 0 Å². The van der Waals surface area contributed by atoms with Crippen LogP contribution in [0.15, 0.2) is 42.6 Å². The van der Waals surface area contributed by atoms with Crippen LogP contribution >= 0.6 is 11.6 Å². The van der Waals surface area contributed by atoms with E-state index in [9.17, 15) is 0 Å². The summed E-state index contributed by atoms with van der Waals surface area (Å²) in [7, 11) is 0. The number of likely N-dealkylation sites (tertiary alicyclic amines) is 1. The van der Waals surface area contributed by atoms with Crippen molar-refractivity contribution in [3.8, 4) is 0 Å². The van der Waals surface area contributed by atoms with E-state index in [2.05, 4.69) is 40.3 Å². The van der Waals surface area contributed by atoms with Gasteiger partial charge in [0.05, 0.1) is 11.9 Å². The molecule has 0 N–H and O–H groups in total. The van der Waals surface area contributed by atoms with E-state index in [1.54, 1.807) is 0 Å². The second-order valence-corrected chi connectivity index (χ2v) is 8.43. The van der Waals surface area contributed by atoms with Crippen LogP contribution < -0.4 is 4.90 Å². The van der Waals surface area contributed by atoms with Gasteiger partial charge in [0.1, 0.15) is 0 Å². The predicted molar refractivity (Wildman–Crippen MR) is 113 cm³/mol. The Labute approximate surface area is 170 Å². The molecule has 2 aromatic heterocycles. The standard InChI is InChI=1S/C22H26ClN5/c23-20-8-2-1-6-17(20)14-26-11-5-7-18(15-26)22-24-21-10-9-19(16-28(21)25-22)27-12-3-4-13-27/h1-2,6,8-10,16,18H,3-5,7,11-15H2/t18-/m1/s1. The van der Waals surface area contributed by atoms with Crippen molar-refractivity contribution in [2.24, 2.45) is 0 Å². The summed E-state index contributed by atoms with van der Waals surface area (Å²) in [5, 5.41) is 5.71. The first-order valence-corrected chi connectivity index (χ1v) is 10.7. The monoisotopic (exact) mass is 395 g/mol. The number of anilines is 1. The van der Waals surface area contributed by atoms with E-state index in [1.807, 2.05) is 16.6 Å². The third kappa shape index (κ3) is 3.61. The number of pyridine rings is 1. The predicted octanol–water partition coefficient (Wildman–Crippen LogP) is 4.36. The van der Waals surface area contributed by atoms with Gasteiger partial charge in [0, 0.05) is 37.1 Å². The highest BCUT2D eigenvalue weighted by Gasteiger charge is 2.25. The lowest BCUT2D eigenvalue weighted by Crippen LogP contribution is -2.34. The van der Waals surface area contributed by atoms with Crippen molar-refractivity contribution >= 4 is 22.9 Å². The number of benzene rings is 1. The number of fused-ring (bicyclic) bond motifs is 1. The lowest BCUT2D eigenvalue weighted by molar-refractivity contribution is 0.196. The summed E-state index contributed by atoms with van der Waals surface area (Å²) in [5.74, 6) is 1.36. The van der Waals surface area contributed by atoms with Gasteiger partial charge in [-0.2, -0.15) is 5.10 Å². The van der Waals surface area contributed by atoms with Gasteiger partial charge in [-0.25, -0.2) is 9.50 Å². The van der Waals surface area contributed by atoms with Crippen LogP contribution in [0.25, 0.3) is 5.65 Å². The fourth-order valence-electron chi connectivity index (χ4n) is 4.50. The van der Waals surface area contributed by atoms with E-state index in [0.717, 1.165) is 55.6 Å². The molecule has 2 saturated heterocycles. The van der Waals surface area contributed by atoms with Crippen LogP contribution in [-0.4, -0.2) is 45.7 Å². The molecule has 2 aliphatic heterocycles. The van der Waals surface area contributed by atoms with Crippen LogP contribution in [-0.2, 0) is 6.54 Å². The number of rotatable bonds is 4. The van der Waals surface area contributed by atoms with Gasteiger partial charge in [-0.05, 0) is 56.0 Å². The largest absolute Gasteiger partial charge is 0.370 e. The van der Waals surface area contributed by atoms with Crippen molar-refractivity contribution in [1.82, 2.24) is 19.5 Å². The van der Waals surface area contributed by atoms with Gasteiger partial charge in [-0.15, -0.1) is 0 Å². The van der Waals surface area contributed by atoms with Crippen LogP contribution in [0.5, 0.6) is 0 Å². The topological polar surface area (TPSA) is 36.7 Å². The molecule has 0 aliphatic carbocycles. The summed E-state index contributed by atoms with van der Waals surface area (Å²) < 4.78 is 1.97. The molecular weight excluding hydrogens is 370 g/mol. The number of halogens is 1. The van der Waals surface area contributed by atoms with Crippen LogP contribution in [0.3, 0.4) is 0 Å². The average molecular weight is 396 g/mol.